The van der Waals surface area contributed by atoms with Crippen LogP contribution in [0.2, 0.25) is 0 Å². The van der Waals surface area contributed by atoms with E-state index in [0.29, 0.717) is 17.5 Å². The largest absolute Gasteiger partial charge is 0.368 e. The summed E-state index contributed by atoms with van der Waals surface area (Å²) in [4.78, 5) is 18.2. The van der Waals surface area contributed by atoms with E-state index in [-0.39, 0.29) is 17.7 Å². The maximum Gasteiger partial charge on any atom is 0.296 e. The van der Waals surface area contributed by atoms with E-state index < -0.39 is 0 Å². The van der Waals surface area contributed by atoms with E-state index in [4.69, 9.17) is 10.3 Å². The highest BCUT2D eigenvalue weighted by Crippen LogP contribution is 2.19. The monoisotopic (exact) mass is 287 g/mol. The maximum absolute atomic E-state index is 5.66. The van der Waals surface area contributed by atoms with Crippen LogP contribution in [0.15, 0.2) is 16.8 Å². The molecule has 108 valence electrons. The molecule has 0 radical (unpaired) electrons. The highest BCUT2D eigenvalue weighted by Gasteiger charge is 2.17. The van der Waals surface area contributed by atoms with Crippen molar-refractivity contribution in [3.63, 3.8) is 0 Å². The van der Waals surface area contributed by atoms with Crippen molar-refractivity contribution in [3.8, 4) is 23.2 Å². The third-order valence-corrected chi connectivity index (χ3v) is 2.60. The van der Waals surface area contributed by atoms with Crippen LogP contribution in [0.3, 0.4) is 0 Å². The number of rotatable bonds is 3. The van der Waals surface area contributed by atoms with Gasteiger partial charge in [0.2, 0.25) is 23.5 Å². The number of hydrogen-bond donors (Lipinski definition) is 1. The second-order valence-corrected chi connectivity index (χ2v) is 4.51. The molecule has 0 unspecified atom stereocenters. The summed E-state index contributed by atoms with van der Waals surface area (Å²) in [6, 6.07) is 1.78. The average Bonchev–Trinajstić information content (AvgIpc) is 3.06. The van der Waals surface area contributed by atoms with Crippen molar-refractivity contribution in [2.24, 2.45) is 7.05 Å². The standard InChI is InChI=1S/C11H13N9O/c1-19(2)11-15-8(14-10(12)16-11)9-13-7(18-21-9)6-4-5-20(3)17-6/h4-5H,1-3H3,(H2,12,14,15,16). The molecule has 2 N–H and O–H groups in total. The molecule has 0 aliphatic heterocycles. The minimum atomic E-state index is 0.0845. The number of nitrogen functional groups attached to an aromatic ring is 1. The van der Waals surface area contributed by atoms with Gasteiger partial charge in [-0.2, -0.15) is 25.0 Å². The second kappa shape index (κ2) is 4.81. The van der Waals surface area contributed by atoms with Gasteiger partial charge in [0.05, 0.1) is 0 Å². The van der Waals surface area contributed by atoms with Crippen molar-refractivity contribution in [1.82, 2.24) is 34.9 Å². The van der Waals surface area contributed by atoms with Gasteiger partial charge >= 0.3 is 0 Å². The van der Waals surface area contributed by atoms with Crippen molar-refractivity contribution in [2.45, 2.75) is 0 Å². The van der Waals surface area contributed by atoms with Gasteiger partial charge < -0.3 is 15.2 Å². The number of nitrogens with zero attached hydrogens (tertiary/aromatic N) is 8. The summed E-state index contributed by atoms with van der Waals surface area (Å²) in [5.41, 5.74) is 6.26. The van der Waals surface area contributed by atoms with E-state index in [1.54, 1.807) is 43.0 Å². The van der Waals surface area contributed by atoms with Crippen LogP contribution < -0.4 is 10.6 Å². The van der Waals surface area contributed by atoms with Crippen LogP contribution in [-0.2, 0) is 7.05 Å². The van der Waals surface area contributed by atoms with Gasteiger partial charge in [-0.3, -0.25) is 4.68 Å². The summed E-state index contributed by atoms with van der Waals surface area (Å²) < 4.78 is 6.82. The molecule has 0 spiro atoms. The lowest BCUT2D eigenvalue weighted by Gasteiger charge is -2.09. The van der Waals surface area contributed by atoms with Crippen molar-refractivity contribution < 1.29 is 4.52 Å². The molecule has 21 heavy (non-hydrogen) atoms. The van der Waals surface area contributed by atoms with Crippen molar-refractivity contribution in [1.29, 1.82) is 0 Å². The van der Waals surface area contributed by atoms with E-state index in [2.05, 4.69) is 30.2 Å². The smallest absolute Gasteiger partial charge is 0.296 e. The van der Waals surface area contributed by atoms with Crippen molar-refractivity contribution in [2.75, 3.05) is 24.7 Å². The average molecular weight is 287 g/mol. The van der Waals surface area contributed by atoms with Crippen LogP contribution in [-0.4, -0.2) is 49.0 Å². The molecule has 0 bridgehead atoms. The Balaban J connectivity index is 2.00. The Labute approximate surface area is 119 Å². The summed E-state index contributed by atoms with van der Waals surface area (Å²) in [5, 5.41) is 8.06. The predicted molar refractivity (Wildman–Crippen MR) is 74.1 cm³/mol. The first-order chi connectivity index (χ1) is 10.0. The lowest BCUT2D eigenvalue weighted by molar-refractivity contribution is 0.429. The minimum Gasteiger partial charge on any atom is -0.368 e. The minimum absolute atomic E-state index is 0.0845. The molecule has 0 saturated carbocycles. The molecule has 0 aliphatic carbocycles. The normalized spacial score (nSPS) is 10.8. The van der Waals surface area contributed by atoms with Gasteiger partial charge in [-0.1, -0.05) is 5.16 Å². The van der Waals surface area contributed by atoms with Crippen LogP contribution in [0.25, 0.3) is 23.2 Å². The fourth-order valence-electron chi connectivity index (χ4n) is 1.63. The molecule has 0 fully saturated rings. The number of aryl methyl sites for hydroxylation is 1. The van der Waals surface area contributed by atoms with Crippen LogP contribution in [0.5, 0.6) is 0 Å². The Morgan fingerprint density at radius 3 is 2.62 bits per heavy atom. The van der Waals surface area contributed by atoms with Gasteiger partial charge in [0.15, 0.2) is 0 Å². The van der Waals surface area contributed by atoms with Crippen LogP contribution in [0.1, 0.15) is 0 Å². The van der Waals surface area contributed by atoms with Crippen LogP contribution in [0, 0.1) is 0 Å². The molecular formula is C11H13N9O. The first kappa shape index (κ1) is 13.0. The summed E-state index contributed by atoms with van der Waals surface area (Å²) in [7, 11) is 5.40. The number of aromatic nitrogens is 7. The number of hydrogen-bond acceptors (Lipinski definition) is 9. The van der Waals surface area contributed by atoms with Crippen molar-refractivity contribution in [3.05, 3.63) is 12.3 Å². The molecule has 0 aliphatic rings. The molecule has 0 amide bonds. The van der Waals surface area contributed by atoms with Gasteiger partial charge in [-0.15, -0.1) is 0 Å². The van der Waals surface area contributed by atoms with Gasteiger partial charge in [0.25, 0.3) is 5.89 Å². The Hall–Kier alpha value is -3.04. The Morgan fingerprint density at radius 2 is 1.95 bits per heavy atom. The molecular weight excluding hydrogens is 274 g/mol. The highest BCUT2D eigenvalue weighted by molar-refractivity contribution is 5.53. The fraction of sp³-hybridized carbons (Fsp3) is 0.273. The van der Waals surface area contributed by atoms with Gasteiger partial charge in [-0.05, 0) is 6.07 Å². The highest BCUT2D eigenvalue weighted by atomic mass is 16.5. The zero-order valence-corrected chi connectivity index (χ0v) is 11.7. The summed E-state index contributed by atoms with van der Waals surface area (Å²) in [6.07, 6.45) is 1.79. The third-order valence-electron chi connectivity index (χ3n) is 2.60. The summed E-state index contributed by atoms with van der Waals surface area (Å²) in [6.45, 7) is 0. The first-order valence-electron chi connectivity index (χ1n) is 6.06. The topological polar surface area (TPSA) is 125 Å². The first-order valence-corrected chi connectivity index (χ1v) is 6.06. The van der Waals surface area contributed by atoms with E-state index in [9.17, 15) is 0 Å². The Bertz CT molecular complexity index is 776. The molecule has 3 aromatic heterocycles. The summed E-state index contributed by atoms with van der Waals surface area (Å²) in [5.74, 6) is 1.24. The Kier molecular flexibility index (Phi) is 2.97. The van der Waals surface area contributed by atoms with Gasteiger partial charge in [-0.25, -0.2) is 0 Å². The third kappa shape index (κ3) is 2.50. The number of anilines is 2. The quantitative estimate of drug-likeness (QED) is 0.706. The van der Waals surface area contributed by atoms with Gasteiger partial charge in [0.1, 0.15) is 5.69 Å². The Morgan fingerprint density at radius 1 is 1.14 bits per heavy atom. The van der Waals surface area contributed by atoms with Crippen LogP contribution >= 0.6 is 0 Å². The fourth-order valence-corrected chi connectivity index (χ4v) is 1.63. The zero-order valence-electron chi connectivity index (χ0n) is 11.7. The molecule has 3 aromatic rings. The molecule has 3 rings (SSSR count). The SMILES string of the molecule is CN(C)c1nc(N)nc(-c2nc(-c3ccn(C)n3)no2)n1. The van der Waals surface area contributed by atoms with E-state index >= 15 is 0 Å². The predicted octanol–water partition coefficient (Wildman–Crippen LogP) is -0.0297. The van der Waals surface area contributed by atoms with E-state index in [1.165, 1.54) is 0 Å². The molecule has 0 atom stereocenters. The molecule has 0 saturated heterocycles. The molecule has 3 heterocycles. The van der Waals surface area contributed by atoms with Gasteiger partial charge in [0, 0.05) is 27.3 Å². The maximum atomic E-state index is 5.66. The molecule has 10 nitrogen and oxygen atoms in total. The number of nitrogens with two attached hydrogens (primary N) is 1. The lowest BCUT2D eigenvalue weighted by atomic mass is 10.4. The zero-order chi connectivity index (χ0) is 15.0. The molecule has 0 aromatic carbocycles. The lowest BCUT2D eigenvalue weighted by Crippen LogP contribution is -2.15. The van der Waals surface area contributed by atoms with Crippen LogP contribution in [0.4, 0.5) is 11.9 Å². The van der Waals surface area contributed by atoms with Crippen molar-refractivity contribution >= 4 is 11.9 Å². The van der Waals surface area contributed by atoms with E-state index in [0.717, 1.165) is 0 Å². The summed E-state index contributed by atoms with van der Waals surface area (Å²) >= 11 is 0. The second-order valence-electron chi connectivity index (χ2n) is 4.51. The molecule has 10 heteroatoms. The van der Waals surface area contributed by atoms with E-state index in [1.807, 2.05) is 0 Å².